The summed E-state index contributed by atoms with van der Waals surface area (Å²) in [7, 11) is 0. The maximum atomic E-state index is 10.8. The Morgan fingerprint density at radius 3 is 1.47 bits per heavy atom. The van der Waals surface area contributed by atoms with Crippen LogP contribution in [-0.4, -0.2) is 31.9 Å². The van der Waals surface area contributed by atoms with E-state index >= 15 is 0 Å². The van der Waals surface area contributed by atoms with Gasteiger partial charge in [0.15, 0.2) is 0 Å². The molecule has 96 valence electrons. The van der Waals surface area contributed by atoms with Crippen molar-refractivity contribution in [3.8, 4) is 0 Å². The monoisotopic (exact) mass is 282 g/mol. The van der Waals surface area contributed by atoms with Crippen molar-refractivity contribution in [2.45, 2.75) is 13.8 Å². The van der Waals surface area contributed by atoms with E-state index in [-0.39, 0.29) is 17.1 Å². The van der Waals surface area contributed by atoms with E-state index in [0.29, 0.717) is 13.2 Å². The van der Waals surface area contributed by atoms with Gasteiger partial charge >= 0.3 is 11.9 Å². The summed E-state index contributed by atoms with van der Waals surface area (Å²) < 4.78 is 9.24. The van der Waals surface area contributed by atoms with Crippen molar-refractivity contribution in [3.05, 3.63) is 24.3 Å². The molecule has 0 aliphatic carbocycles. The maximum absolute atomic E-state index is 10.8. The quantitative estimate of drug-likeness (QED) is 0.323. The van der Waals surface area contributed by atoms with Gasteiger partial charge in [0.2, 0.25) is 0 Å². The number of rotatable bonds is 5. The van der Waals surface area contributed by atoms with Crippen molar-refractivity contribution in [1.29, 1.82) is 0 Å². The number of allylic oxidation sites excluding steroid dienone is 2. The fourth-order valence-corrected chi connectivity index (χ4v) is 0.649. The smallest absolute Gasteiger partial charge is 0.330 e. The van der Waals surface area contributed by atoms with Gasteiger partial charge in [-0.25, -0.2) is 9.59 Å². The number of hydrogen-bond acceptors (Lipinski definition) is 5. The first-order chi connectivity index (χ1) is 7.70. The van der Waals surface area contributed by atoms with Gasteiger partial charge < -0.3 is 9.47 Å². The zero-order valence-corrected chi connectivity index (χ0v) is 10.7. The average molecular weight is 282 g/mol. The molecule has 0 bridgehead atoms. The van der Waals surface area contributed by atoms with Crippen LogP contribution in [0, 0.1) is 0 Å². The van der Waals surface area contributed by atoms with Gasteiger partial charge in [0.25, 0.3) is 6.79 Å². The number of hydrogen-bond donors (Lipinski definition) is 0. The molecule has 6 heteroatoms. The van der Waals surface area contributed by atoms with E-state index < -0.39 is 11.9 Å². The maximum Gasteiger partial charge on any atom is 0.330 e. The van der Waals surface area contributed by atoms with Gasteiger partial charge in [-0.05, 0) is 13.8 Å². The molecule has 0 saturated heterocycles. The third-order valence-corrected chi connectivity index (χ3v) is 1.15. The fourth-order valence-electron chi connectivity index (χ4n) is 0.649. The van der Waals surface area contributed by atoms with Gasteiger partial charge in [0, 0.05) is 29.2 Å². The summed E-state index contributed by atoms with van der Waals surface area (Å²) in [5.74, 6) is -0.859. The minimum absolute atomic E-state index is 0. The van der Waals surface area contributed by atoms with Gasteiger partial charge in [-0.1, -0.05) is 12.2 Å². The normalized spacial score (nSPS) is 9.06. The first-order valence-electron chi connectivity index (χ1n) is 4.59. The van der Waals surface area contributed by atoms with Crippen molar-refractivity contribution >= 4 is 18.7 Å². The summed E-state index contributed by atoms with van der Waals surface area (Å²) in [5, 5.41) is 0. The van der Waals surface area contributed by atoms with Crippen LogP contribution in [0.2, 0.25) is 0 Å². The van der Waals surface area contributed by atoms with Crippen molar-refractivity contribution < 1.29 is 40.9 Å². The molecule has 0 unspecified atom stereocenters. The molecule has 0 spiro atoms. The van der Waals surface area contributed by atoms with Crippen LogP contribution >= 0.6 is 0 Å². The molecule has 2 radical (unpaired) electrons. The van der Waals surface area contributed by atoms with Crippen LogP contribution < -0.4 is 0 Å². The van der Waals surface area contributed by atoms with Gasteiger partial charge in [0.1, 0.15) is 0 Å². The van der Waals surface area contributed by atoms with Gasteiger partial charge in [-0.2, -0.15) is 0 Å². The molecule has 17 heavy (non-hydrogen) atoms. The molecule has 0 aliphatic rings. The Morgan fingerprint density at radius 2 is 1.24 bits per heavy atom. The SMILES string of the molecule is CCOC(=O)C=CC=CC(=O)OCC.[C]=O.[Fe]. The van der Waals surface area contributed by atoms with E-state index in [2.05, 4.69) is 16.3 Å². The van der Waals surface area contributed by atoms with Crippen LogP contribution in [0.1, 0.15) is 13.8 Å². The third kappa shape index (κ3) is 17.2. The second kappa shape index (κ2) is 17.0. The summed E-state index contributed by atoms with van der Waals surface area (Å²) in [5.41, 5.74) is 0. The fraction of sp³-hybridized carbons (Fsp3) is 0.364. The zero-order chi connectivity index (χ0) is 12.8. The van der Waals surface area contributed by atoms with E-state index in [0.717, 1.165) is 0 Å². The van der Waals surface area contributed by atoms with Crippen LogP contribution in [0.15, 0.2) is 24.3 Å². The molecule has 5 nitrogen and oxygen atoms in total. The van der Waals surface area contributed by atoms with Crippen LogP contribution in [0.25, 0.3) is 0 Å². The summed E-state index contributed by atoms with van der Waals surface area (Å²) >= 11 is 0. The van der Waals surface area contributed by atoms with Crippen molar-refractivity contribution in [2.75, 3.05) is 13.2 Å². The molecule has 0 heterocycles. The predicted octanol–water partition coefficient (Wildman–Crippen LogP) is 0.825. The Balaban J connectivity index is -0.000000616. The second-order valence-electron chi connectivity index (χ2n) is 2.22. The van der Waals surface area contributed by atoms with Crippen LogP contribution in [-0.2, 0) is 40.9 Å². The Hall–Kier alpha value is -1.39. The molecule has 0 aromatic rings. The van der Waals surface area contributed by atoms with Crippen LogP contribution in [0.4, 0.5) is 0 Å². The van der Waals surface area contributed by atoms with E-state index in [1.54, 1.807) is 13.8 Å². The van der Waals surface area contributed by atoms with E-state index in [1.165, 1.54) is 24.3 Å². The average Bonchev–Trinajstić information content (AvgIpc) is 2.28. The molecule has 0 rings (SSSR count). The summed E-state index contributed by atoms with van der Waals surface area (Å²) in [6, 6.07) is 0. The summed E-state index contributed by atoms with van der Waals surface area (Å²) in [6.45, 7) is 8.62. The Labute approximate surface area is 111 Å². The molecule has 0 aromatic carbocycles. The van der Waals surface area contributed by atoms with Gasteiger partial charge in [0.05, 0.1) is 13.2 Å². The van der Waals surface area contributed by atoms with Gasteiger partial charge in [-0.3, -0.25) is 4.79 Å². The molecule has 0 aromatic heterocycles. The Bertz CT molecular complexity index is 235. The summed E-state index contributed by atoms with van der Waals surface area (Å²) in [4.78, 5) is 29.0. The van der Waals surface area contributed by atoms with Crippen molar-refractivity contribution in [1.82, 2.24) is 0 Å². The van der Waals surface area contributed by atoms with E-state index in [9.17, 15) is 9.59 Å². The first kappa shape index (κ1) is 21.0. The number of carbonyl (C=O) groups excluding carboxylic acids is 3. The third-order valence-electron chi connectivity index (χ3n) is 1.15. The van der Waals surface area contributed by atoms with Crippen molar-refractivity contribution in [3.63, 3.8) is 0 Å². The number of esters is 2. The zero-order valence-electron chi connectivity index (χ0n) is 9.62. The minimum atomic E-state index is -0.430. The predicted molar refractivity (Wildman–Crippen MR) is 57.2 cm³/mol. The Kier molecular flexibility index (Phi) is 21.0. The summed E-state index contributed by atoms with van der Waals surface area (Å²) in [6.07, 6.45) is 5.32. The standard InChI is InChI=1S/C10H14O4.CO.Fe/c1-3-13-9(11)7-5-6-8-10(12)14-4-2;1-2;/h5-8H,3-4H2,1-2H3;;. The molecule has 0 amide bonds. The number of ether oxygens (including phenoxy) is 2. The second-order valence-corrected chi connectivity index (χ2v) is 2.22. The molecular formula is C11H14FeO5. The molecule has 0 N–H and O–H groups in total. The molecular weight excluding hydrogens is 268 g/mol. The van der Waals surface area contributed by atoms with Gasteiger partial charge in [-0.15, -0.1) is 0 Å². The van der Waals surface area contributed by atoms with Crippen LogP contribution in [0.3, 0.4) is 0 Å². The molecule has 0 saturated carbocycles. The molecule has 0 atom stereocenters. The first-order valence-corrected chi connectivity index (χ1v) is 4.59. The number of carbonyl (C=O) groups is 2. The topological polar surface area (TPSA) is 69.7 Å². The minimum Gasteiger partial charge on any atom is -0.463 e. The Morgan fingerprint density at radius 1 is 0.941 bits per heavy atom. The van der Waals surface area contributed by atoms with Crippen LogP contribution in [0.5, 0.6) is 0 Å². The molecule has 0 fully saturated rings. The van der Waals surface area contributed by atoms with E-state index in [4.69, 9.17) is 4.79 Å². The largest absolute Gasteiger partial charge is 0.463 e. The van der Waals surface area contributed by atoms with Crippen molar-refractivity contribution in [2.24, 2.45) is 0 Å². The molecule has 0 aliphatic heterocycles. The van der Waals surface area contributed by atoms with E-state index in [1.807, 2.05) is 0 Å².